The molecule has 0 aliphatic carbocycles. The van der Waals surface area contributed by atoms with Crippen molar-refractivity contribution in [2.75, 3.05) is 0 Å². The van der Waals surface area contributed by atoms with Gasteiger partial charge in [0.1, 0.15) is 0 Å². The third-order valence-electron chi connectivity index (χ3n) is 3.36. The molecular weight excluding hydrogens is 266 g/mol. The summed E-state index contributed by atoms with van der Waals surface area (Å²) in [7, 11) is -1.78. The van der Waals surface area contributed by atoms with Gasteiger partial charge in [-0.15, -0.1) is 0 Å². The lowest BCUT2D eigenvalue weighted by Crippen LogP contribution is -2.37. The Morgan fingerprint density at radius 1 is 1.42 bits per heavy atom. The van der Waals surface area contributed by atoms with Crippen LogP contribution in [-0.2, 0) is 28.3 Å². The first kappa shape index (κ1) is 15.7. The van der Waals surface area contributed by atoms with Crippen LogP contribution in [0.4, 0.5) is 0 Å². The first-order valence-corrected chi connectivity index (χ1v) is 7.77. The summed E-state index contributed by atoms with van der Waals surface area (Å²) in [5.74, 6) is -0.514. The Balaban J connectivity index is 2.82. The molecule has 1 aromatic heterocycles. The predicted molar refractivity (Wildman–Crippen MR) is 73.2 cm³/mol. The Kier molecular flexibility index (Phi) is 4.73. The zero-order valence-corrected chi connectivity index (χ0v) is 12.8. The standard InChI is InChI=1S/C12H21N3O3S/c1-6-8(2)19(17,18)14-12(16)7-11-9(3)13-15(5)10(11)4/h8H,6-7H2,1-5H3,(H,14,16). The number of sulfonamides is 1. The van der Waals surface area contributed by atoms with E-state index in [4.69, 9.17) is 0 Å². The summed E-state index contributed by atoms with van der Waals surface area (Å²) in [6, 6.07) is 0. The third kappa shape index (κ3) is 3.56. The number of nitrogens with one attached hydrogen (secondary N) is 1. The number of carbonyl (C=O) groups is 1. The van der Waals surface area contributed by atoms with Crippen LogP contribution in [0.15, 0.2) is 0 Å². The van der Waals surface area contributed by atoms with E-state index in [1.165, 1.54) is 0 Å². The van der Waals surface area contributed by atoms with E-state index in [9.17, 15) is 13.2 Å². The highest BCUT2D eigenvalue weighted by Crippen LogP contribution is 2.13. The molecule has 0 radical (unpaired) electrons. The number of rotatable bonds is 5. The van der Waals surface area contributed by atoms with E-state index in [0.29, 0.717) is 6.42 Å². The van der Waals surface area contributed by atoms with Crippen LogP contribution in [-0.4, -0.2) is 29.4 Å². The fraction of sp³-hybridized carbons (Fsp3) is 0.667. The SMILES string of the molecule is CCC(C)S(=O)(=O)NC(=O)Cc1c(C)nn(C)c1C. The second-order valence-electron chi connectivity index (χ2n) is 4.74. The largest absolute Gasteiger partial charge is 0.274 e. The molecule has 0 saturated heterocycles. The molecular formula is C12H21N3O3S. The van der Waals surface area contributed by atoms with Gasteiger partial charge in [-0.2, -0.15) is 5.10 Å². The molecule has 1 heterocycles. The zero-order valence-electron chi connectivity index (χ0n) is 12.0. The van der Waals surface area contributed by atoms with Gasteiger partial charge in [-0.3, -0.25) is 14.2 Å². The number of hydrogen-bond acceptors (Lipinski definition) is 4. The van der Waals surface area contributed by atoms with Gasteiger partial charge in [-0.1, -0.05) is 6.92 Å². The topological polar surface area (TPSA) is 81.1 Å². The molecule has 0 aromatic carbocycles. The van der Waals surface area contributed by atoms with E-state index in [1.807, 2.05) is 6.92 Å². The van der Waals surface area contributed by atoms with Crippen molar-refractivity contribution in [1.29, 1.82) is 0 Å². The summed E-state index contributed by atoms with van der Waals surface area (Å²) in [5, 5.41) is 3.62. The average molecular weight is 287 g/mol. The van der Waals surface area contributed by atoms with Gasteiger partial charge in [-0.05, 0) is 27.2 Å². The van der Waals surface area contributed by atoms with Crippen LogP contribution in [0.1, 0.15) is 37.2 Å². The summed E-state index contributed by atoms with van der Waals surface area (Å²) in [6.45, 7) is 7.00. The van der Waals surface area contributed by atoms with Crippen molar-refractivity contribution in [2.45, 2.75) is 45.8 Å². The summed E-state index contributed by atoms with van der Waals surface area (Å²) in [4.78, 5) is 11.8. The van der Waals surface area contributed by atoms with E-state index < -0.39 is 21.2 Å². The third-order valence-corrected chi connectivity index (χ3v) is 5.26. The number of aryl methyl sites for hydroxylation is 2. The van der Waals surface area contributed by atoms with Crippen LogP contribution >= 0.6 is 0 Å². The molecule has 0 spiro atoms. The van der Waals surface area contributed by atoms with Crippen LogP contribution in [0, 0.1) is 13.8 Å². The van der Waals surface area contributed by atoms with Gasteiger partial charge in [-0.25, -0.2) is 8.42 Å². The Morgan fingerprint density at radius 3 is 2.42 bits per heavy atom. The number of carbonyl (C=O) groups excluding carboxylic acids is 1. The molecule has 0 bridgehead atoms. The lowest BCUT2D eigenvalue weighted by molar-refractivity contribution is -0.118. The molecule has 0 aliphatic rings. The fourth-order valence-electron chi connectivity index (χ4n) is 1.75. The predicted octanol–water partition coefficient (Wildman–Crippen LogP) is 0.824. The monoisotopic (exact) mass is 287 g/mol. The molecule has 0 saturated carbocycles. The van der Waals surface area contributed by atoms with Crippen molar-refractivity contribution in [3.8, 4) is 0 Å². The van der Waals surface area contributed by atoms with E-state index in [2.05, 4.69) is 9.82 Å². The fourth-order valence-corrected chi connectivity index (χ4v) is 2.78. The van der Waals surface area contributed by atoms with Crippen molar-refractivity contribution >= 4 is 15.9 Å². The second kappa shape index (κ2) is 5.73. The molecule has 1 atom stereocenters. The normalized spacial score (nSPS) is 13.3. The highest BCUT2D eigenvalue weighted by Gasteiger charge is 2.22. The van der Waals surface area contributed by atoms with E-state index >= 15 is 0 Å². The Labute approximate surface area is 114 Å². The minimum Gasteiger partial charge on any atom is -0.274 e. The van der Waals surface area contributed by atoms with Gasteiger partial charge in [0.05, 0.1) is 17.4 Å². The molecule has 108 valence electrons. The van der Waals surface area contributed by atoms with Gasteiger partial charge in [0.2, 0.25) is 15.9 Å². The van der Waals surface area contributed by atoms with Crippen molar-refractivity contribution in [3.05, 3.63) is 17.0 Å². The molecule has 7 heteroatoms. The zero-order chi connectivity index (χ0) is 14.8. The minimum absolute atomic E-state index is 0.0289. The summed E-state index contributed by atoms with van der Waals surface area (Å²) < 4.78 is 27.4. The Bertz CT molecular complexity index is 575. The highest BCUT2D eigenvalue weighted by molar-refractivity contribution is 7.90. The van der Waals surface area contributed by atoms with Crippen molar-refractivity contribution < 1.29 is 13.2 Å². The second-order valence-corrected chi connectivity index (χ2v) is 6.84. The van der Waals surface area contributed by atoms with E-state index in [-0.39, 0.29) is 6.42 Å². The van der Waals surface area contributed by atoms with Crippen LogP contribution in [0.25, 0.3) is 0 Å². The molecule has 1 rings (SSSR count). The Hall–Kier alpha value is -1.37. The first-order chi connectivity index (χ1) is 8.69. The van der Waals surface area contributed by atoms with Crippen molar-refractivity contribution in [3.63, 3.8) is 0 Å². The smallest absolute Gasteiger partial charge is 0.237 e. The van der Waals surface area contributed by atoms with Crippen LogP contribution in [0.5, 0.6) is 0 Å². The number of amides is 1. The molecule has 0 aliphatic heterocycles. The van der Waals surface area contributed by atoms with Gasteiger partial charge in [0.25, 0.3) is 0 Å². The number of hydrogen-bond donors (Lipinski definition) is 1. The van der Waals surface area contributed by atoms with Gasteiger partial charge < -0.3 is 0 Å². The van der Waals surface area contributed by atoms with Crippen molar-refractivity contribution in [1.82, 2.24) is 14.5 Å². The lowest BCUT2D eigenvalue weighted by Gasteiger charge is -2.11. The number of aromatic nitrogens is 2. The maximum Gasteiger partial charge on any atom is 0.237 e. The summed E-state index contributed by atoms with van der Waals surface area (Å²) >= 11 is 0. The molecule has 6 nitrogen and oxygen atoms in total. The maximum absolute atomic E-state index is 11.8. The first-order valence-electron chi connectivity index (χ1n) is 6.22. The molecule has 1 N–H and O–H groups in total. The summed E-state index contributed by atoms with van der Waals surface area (Å²) in [5.41, 5.74) is 2.39. The van der Waals surface area contributed by atoms with Crippen molar-refractivity contribution in [2.24, 2.45) is 7.05 Å². The quantitative estimate of drug-likeness (QED) is 0.869. The highest BCUT2D eigenvalue weighted by atomic mass is 32.2. The van der Waals surface area contributed by atoms with Crippen LogP contribution < -0.4 is 4.72 Å². The van der Waals surface area contributed by atoms with Gasteiger partial charge >= 0.3 is 0 Å². The van der Waals surface area contributed by atoms with E-state index in [1.54, 1.807) is 32.5 Å². The Morgan fingerprint density at radius 2 is 2.00 bits per heavy atom. The van der Waals surface area contributed by atoms with Crippen LogP contribution in [0.2, 0.25) is 0 Å². The molecule has 1 unspecified atom stereocenters. The number of nitrogens with zero attached hydrogens (tertiary/aromatic N) is 2. The van der Waals surface area contributed by atoms with Crippen LogP contribution in [0.3, 0.4) is 0 Å². The molecule has 19 heavy (non-hydrogen) atoms. The van der Waals surface area contributed by atoms with E-state index in [0.717, 1.165) is 17.0 Å². The van der Waals surface area contributed by atoms with Gasteiger partial charge in [0.15, 0.2) is 0 Å². The molecule has 1 amide bonds. The molecule has 0 fully saturated rings. The maximum atomic E-state index is 11.8. The van der Waals surface area contributed by atoms with Gasteiger partial charge in [0, 0.05) is 18.3 Å². The average Bonchev–Trinajstić information content (AvgIpc) is 2.54. The summed E-state index contributed by atoms with van der Waals surface area (Å²) in [6.07, 6.45) is 0.495. The minimum atomic E-state index is -3.58. The lowest BCUT2D eigenvalue weighted by atomic mass is 10.1. The molecule has 1 aromatic rings.